The van der Waals surface area contributed by atoms with Crippen molar-refractivity contribution in [1.82, 2.24) is 0 Å². The molecule has 2 rings (SSSR count). The minimum absolute atomic E-state index is 0.0271. The fourth-order valence-corrected chi connectivity index (χ4v) is 2.87. The van der Waals surface area contributed by atoms with Gasteiger partial charge < -0.3 is 24.5 Å². The number of aliphatic hydroxyl groups excluding tert-OH is 1. The molecule has 2 heterocycles. The first-order valence-electron chi connectivity index (χ1n) is 7.63. The van der Waals surface area contributed by atoms with Crippen molar-refractivity contribution in [1.29, 1.82) is 0 Å². The Kier molecular flexibility index (Phi) is 4.71. The molecule has 0 saturated carbocycles. The van der Waals surface area contributed by atoms with Gasteiger partial charge in [-0.2, -0.15) is 0 Å². The van der Waals surface area contributed by atoms with Crippen LogP contribution in [0.15, 0.2) is 20.9 Å². The van der Waals surface area contributed by atoms with Crippen LogP contribution in [0, 0.1) is 12.8 Å². The number of aromatic hydroxyl groups is 1. The second-order valence-electron chi connectivity index (χ2n) is 6.52. The minimum Gasteiger partial charge on any atom is -0.507 e. The molecule has 0 spiro atoms. The Morgan fingerprint density at radius 2 is 2.04 bits per heavy atom. The van der Waals surface area contributed by atoms with Crippen LogP contribution in [0.25, 0.3) is 0 Å². The zero-order chi connectivity index (χ0) is 17.5. The molecule has 1 aliphatic heterocycles. The van der Waals surface area contributed by atoms with Crippen molar-refractivity contribution in [2.45, 2.75) is 59.0 Å². The van der Waals surface area contributed by atoms with Gasteiger partial charge in [-0.3, -0.25) is 0 Å². The monoisotopic (exact) mass is 324 g/mol. The van der Waals surface area contributed by atoms with Crippen molar-refractivity contribution in [2.75, 3.05) is 0 Å². The summed E-state index contributed by atoms with van der Waals surface area (Å²) in [5.41, 5.74) is -1.18. The summed E-state index contributed by atoms with van der Waals surface area (Å²) < 4.78 is 11.0. The van der Waals surface area contributed by atoms with E-state index in [0.717, 1.165) is 5.57 Å². The topological polar surface area (TPSA) is 100 Å². The number of hydrogen-bond donors (Lipinski definition) is 3. The lowest BCUT2D eigenvalue weighted by Crippen LogP contribution is -2.44. The summed E-state index contributed by atoms with van der Waals surface area (Å²) in [7, 11) is 0. The second kappa shape index (κ2) is 6.11. The number of fused-ring (bicyclic) bond motifs is 1. The van der Waals surface area contributed by atoms with Gasteiger partial charge in [-0.1, -0.05) is 13.0 Å². The van der Waals surface area contributed by atoms with Gasteiger partial charge in [0.15, 0.2) is 5.76 Å². The summed E-state index contributed by atoms with van der Waals surface area (Å²) >= 11 is 0. The predicted molar refractivity (Wildman–Crippen MR) is 84.1 cm³/mol. The van der Waals surface area contributed by atoms with E-state index in [1.54, 1.807) is 13.8 Å². The molecular formula is C17H24O6. The van der Waals surface area contributed by atoms with E-state index in [4.69, 9.17) is 9.15 Å². The van der Waals surface area contributed by atoms with Crippen LogP contribution >= 0.6 is 0 Å². The average molecular weight is 324 g/mol. The second-order valence-corrected chi connectivity index (χ2v) is 6.52. The standard InChI is InChI=1S/C17H24O6/c1-8(11(4)18)6-9(2)14-17(5,21)15-12(7-22-14)13(19)10(3)16(20)23-15/h6,8,11,14,18-19,21H,7H2,1-5H3. The Balaban J connectivity index is 2.49. The summed E-state index contributed by atoms with van der Waals surface area (Å²) in [6.07, 6.45) is 0.554. The summed E-state index contributed by atoms with van der Waals surface area (Å²) in [5, 5.41) is 30.6. The molecule has 0 bridgehead atoms. The number of ether oxygens (including phenoxy) is 1. The maximum atomic E-state index is 11.8. The maximum Gasteiger partial charge on any atom is 0.342 e. The van der Waals surface area contributed by atoms with Gasteiger partial charge in [0.1, 0.15) is 17.5 Å². The van der Waals surface area contributed by atoms with Crippen LogP contribution in [0.2, 0.25) is 0 Å². The average Bonchev–Trinajstić information content (AvgIpc) is 2.45. The van der Waals surface area contributed by atoms with Gasteiger partial charge in [0.25, 0.3) is 0 Å². The van der Waals surface area contributed by atoms with Gasteiger partial charge in [-0.05, 0) is 33.3 Å². The van der Waals surface area contributed by atoms with Crippen LogP contribution in [0.5, 0.6) is 5.75 Å². The van der Waals surface area contributed by atoms with E-state index in [9.17, 15) is 20.1 Å². The molecule has 23 heavy (non-hydrogen) atoms. The van der Waals surface area contributed by atoms with Crippen molar-refractivity contribution in [3.63, 3.8) is 0 Å². The van der Waals surface area contributed by atoms with E-state index < -0.39 is 23.4 Å². The lowest BCUT2D eigenvalue weighted by Gasteiger charge is -2.38. The molecule has 1 aromatic rings. The smallest absolute Gasteiger partial charge is 0.342 e. The quantitative estimate of drug-likeness (QED) is 0.732. The fraction of sp³-hybridized carbons (Fsp3) is 0.588. The van der Waals surface area contributed by atoms with E-state index in [1.807, 2.05) is 13.0 Å². The summed E-state index contributed by atoms with van der Waals surface area (Å²) in [5.74, 6) is -0.289. The highest BCUT2D eigenvalue weighted by molar-refractivity contribution is 5.43. The van der Waals surface area contributed by atoms with Crippen molar-refractivity contribution in [3.8, 4) is 5.75 Å². The molecule has 1 aromatic heterocycles. The first-order valence-corrected chi connectivity index (χ1v) is 7.63. The normalized spacial score (nSPS) is 27.4. The molecular weight excluding hydrogens is 300 g/mol. The van der Waals surface area contributed by atoms with E-state index in [1.165, 1.54) is 13.8 Å². The summed E-state index contributed by atoms with van der Waals surface area (Å²) in [6.45, 7) is 8.30. The molecule has 4 atom stereocenters. The molecule has 0 aromatic carbocycles. The van der Waals surface area contributed by atoms with Crippen LogP contribution < -0.4 is 5.63 Å². The Bertz CT molecular complexity index is 683. The zero-order valence-electron chi connectivity index (χ0n) is 14.1. The van der Waals surface area contributed by atoms with Crippen molar-refractivity contribution in [2.24, 2.45) is 5.92 Å². The Hall–Kier alpha value is -1.63. The summed E-state index contributed by atoms with van der Waals surface area (Å²) in [4.78, 5) is 11.8. The van der Waals surface area contributed by atoms with Crippen LogP contribution in [0.3, 0.4) is 0 Å². The van der Waals surface area contributed by atoms with E-state index in [0.29, 0.717) is 5.56 Å². The van der Waals surface area contributed by atoms with Gasteiger partial charge in [-0.25, -0.2) is 4.79 Å². The van der Waals surface area contributed by atoms with Crippen LogP contribution in [0.1, 0.15) is 44.6 Å². The van der Waals surface area contributed by atoms with Crippen molar-refractivity contribution < 1.29 is 24.5 Å². The number of rotatable bonds is 3. The Labute approximate surface area is 135 Å². The molecule has 4 unspecified atom stereocenters. The van der Waals surface area contributed by atoms with Gasteiger partial charge in [0.05, 0.1) is 23.8 Å². The van der Waals surface area contributed by atoms with Gasteiger partial charge in [-0.15, -0.1) is 0 Å². The molecule has 0 saturated heterocycles. The van der Waals surface area contributed by atoms with Crippen LogP contribution in [-0.2, 0) is 16.9 Å². The fourth-order valence-electron chi connectivity index (χ4n) is 2.87. The van der Waals surface area contributed by atoms with Crippen molar-refractivity contribution >= 4 is 0 Å². The molecule has 1 aliphatic rings. The maximum absolute atomic E-state index is 11.8. The molecule has 6 heteroatoms. The van der Waals surface area contributed by atoms with Crippen LogP contribution in [-0.4, -0.2) is 27.5 Å². The molecule has 128 valence electrons. The van der Waals surface area contributed by atoms with E-state index >= 15 is 0 Å². The molecule has 3 N–H and O–H groups in total. The molecule has 0 aliphatic carbocycles. The number of hydrogen-bond acceptors (Lipinski definition) is 6. The van der Waals surface area contributed by atoms with E-state index in [2.05, 4.69) is 0 Å². The first kappa shape index (κ1) is 17.7. The highest BCUT2D eigenvalue weighted by Crippen LogP contribution is 2.41. The zero-order valence-corrected chi connectivity index (χ0v) is 14.1. The molecule has 0 fully saturated rings. The highest BCUT2D eigenvalue weighted by atomic mass is 16.5. The first-order chi connectivity index (χ1) is 10.6. The van der Waals surface area contributed by atoms with Crippen molar-refractivity contribution in [3.05, 3.63) is 39.0 Å². The Morgan fingerprint density at radius 3 is 2.61 bits per heavy atom. The summed E-state index contributed by atoms with van der Waals surface area (Å²) in [6, 6.07) is 0. The third-order valence-corrected chi connectivity index (χ3v) is 4.48. The molecule has 0 radical (unpaired) electrons. The van der Waals surface area contributed by atoms with Gasteiger partial charge in [0.2, 0.25) is 0 Å². The third kappa shape index (κ3) is 3.06. The third-order valence-electron chi connectivity index (χ3n) is 4.48. The Morgan fingerprint density at radius 1 is 1.43 bits per heavy atom. The highest BCUT2D eigenvalue weighted by Gasteiger charge is 2.45. The van der Waals surface area contributed by atoms with Crippen LogP contribution in [0.4, 0.5) is 0 Å². The molecule has 6 nitrogen and oxygen atoms in total. The predicted octanol–water partition coefficient (Wildman–Crippen LogP) is 1.72. The van der Waals surface area contributed by atoms with Gasteiger partial charge in [0, 0.05) is 5.92 Å². The molecule has 0 amide bonds. The van der Waals surface area contributed by atoms with E-state index in [-0.39, 0.29) is 29.6 Å². The van der Waals surface area contributed by atoms with Gasteiger partial charge >= 0.3 is 5.63 Å². The lowest BCUT2D eigenvalue weighted by atomic mass is 9.84. The minimum atomic E-state index is -1.60. The largest absolute Gasteiger partial charge is 0.507 e. The lowest BCUT2D eigenvalue weighted by molar-refractivity contribution is -0.122. The SMILES string of the molecule is CC(=CC(C)C(C)O)C1OCc2c(oc(=O)c(C)c2O)C1(C)O. The number of aliphatic hydroxyl groups is 2.